The third-order valence-electron chi connectivity index (χ3n) is 2.94. The number of carbonyl (C=O) groups is 2. The van der Waals surface area contributed by atoms with Gasteiger partial charge in [0.05, 0.1) is 11.3 Å². The van der Waals surface area contributed by atoms with Crippen molar-refractivity contribution in [3.8, 4) is 0 Å². The number of amides is 2. The van der Waals surface area contributed by atoms with E-state index in [1.807, 2.05) is 30.0 Å². The Bertz CT molecular complexity index is 463. The molecule has 0 aromatic heterocycles. The van der Waals surface area contributed by atoms with Crippen molar-refractivity contribution in [2.45, 2.75) is 31.6 Å². The van der Waals surface area contributed by atoms with Crippen LogP contribution in [0.2, 0.25) is 0 Å². The van der Waals surface area contributed by atoms with Gasteiger partial charge in [-0.25, -0.2) is 0 Å². The summed E-state index contributed by atoms with van der Waals surface area (Å²) in [4.78, 5) is 26.1. The van der Waals surface area contributed by atoms with Crippen LogP contribution in [-0.2, 0) is 4.79 Å². The topological polar surface area (TPSA) is 63.4 Å². The zero-order valence-electron chi connectivity index (χ0n) is 12.1. The number of nitrogens with two attached hydrogens (primary N) is 1. The molecule has 0 saturated carbocycles. The summed E-state index contributed by atoms with van der Waals surface area (Å²) in [6, 6.07) is 7.37. The van der Waals surface area contributed by atoms with Crippen molar-refractivity contribution < 1.29 is 9.59 Å². The Morgan fingerprint density at radius 3 is 2.55 bits per heavy atom. The van der Waals surface area contributed by atoms with E-state index in [0.29, 0.717) is 12.1 Å². The lowest BCUT2D eigenvalue weighted by atomic mass is 10.2. The SMILES string of the molecule is CCCCN(CC)C(=O)c1ccccc1SCC(N)=O. The van der Waals surface area contributed by atoms with Crippen molar-refractivity contribution in [2.75, 3.05) is 18.8 Å². The highest BCUT2D eigenvalue weighted by atomic mass is 32.2. The van der Waals surface area contributed by atoms with E-state index in [1.165, 1.54) is 11.8 Å². The van der Waals surface area contributed by atoms with Crippen LogP contribution in [0.3, 0.4) is 0 Å². The van der Waals surface area contributed by atoms with Crippen LogP contribution in [-0.4, -0.2) is 35.6 Å². The lowest BCUT2D eigenvalue weighted by molar-refractivity contribution is -0.115. The molecule has 0 aliphatic carbocycles. The molecule has 2 amide bonds. The summed E-state index contributed by atoms with van der Waals surface area (Å²) in [5.74, 6) is -0.171. The third-order valence-corrected chi connectivity index (χ3v) is 4.03. The smallest absolute Gasteiger partial charge is 0.254 e. The molecule has 0 radical (unpaired) electrons. The van der Waals surface area contributed by atoms with Crippen LogP contribution in [0.1, 0.15) is 37.0 Å². The first-order valence-corrected chi connectivity index (χ1v) is 7.88. The molecule has 0 unspecified atom stereocenters. The van der Waals surface area contributed by atoms with Crippen molar-refractivity contribution in [1.29, 1.82) is 0 Å². The Labute approximate surface area is 124 Å². The maximum absolute atomic E-state index is 12.5. The molecule has 110 valence electrons. The van der Waals surface area contributed by atoms with Gasteiger partial charge in [-0.2, -0.15) is 0 Å². The van der Waals surface area contributed by atoms with Gasteiger partial charge in [0.1, 0.15) is 0 Å². The highest BCUT2D eigenvalue weighted by Gasteiger charge is 2.17. The predicted octanol–water partition coefficient (Wildman–Crippen LogP) is 2.53. The number of thioether (sulfide) groups is 1. The maximum atomic E-state index is 12.5. The van der Waals surface area contributed by atoms with E-state index in [-0.39, 0.29) is 17.6 Å². The first-order valence-electron chi connectivity index (χ1n) is 6.89. The standard InChI is InChI=1S/C15H22N2O2S/c1-3-5-10-17(4-2)15(19)12-8-6-7-9-13(12)20-11-14(16)18/h6-9H,3-5,10-11H2,1-2H3,(H2,16,18). The van der Waals surface area contributed by atoms with Gasteiger partial charge in [0.2, 0.25) is 5.91 Å². The Hall–Kier alpha value is -1.49. The molecule has 20 heavy (non-hydrogen) atoms. The van der Waals surface area contributed by atoms with E-state index in [0.717, 1.165) is 24.3 Å². The number of unbranched alkanes of at least 4 members (excludes halogenated alkanes) is 1. The van der Waals surface area contributed by atoms with E-state index in [4.69, 9.17) is 5.73 Å². The van der Waals surface area contributed by atoms with Crippen LogP contribution in [0.15, 0.2) is 29.2 Å². The molecule has 0 saturated heterocycles. The van der Waals surface area contributed by atoms with Crippen LogP contribution >= 0.6 is 11.8 Å². The number of nitrogens with zero attached hydrogens (tertiary/aromatic N) is 1. The van der Waals surface area contributed by atoms with Gasteiger partial charge < -0.3 is 10.6 Å². The van der Waals surface area contributed by atoms with Crippen molar-refractivity contribution >= 4 is 23.6 Å². The number of hydrogen-bond acceptors (Lipinski definition) is 3. The average Bonchev–Trinajstić information content (AvgIpc) is 2.46. The fraction of sp³-hybridized carbons (Fsp3) is 0.467. The van der Waals surface area contributed by atoms with Crippen LogP contribution < -0.4 is 5.73 Å². The molecule has 0 spiro atoms. The Balaban J connectivity index is 2.87. The molecule has 1 aromatic rings. The van der Waals surface area contributed by atoms with Crippen LogP contribution in [0.25, 0.3) is 0 Å². The van der Waals surface area contributed by atoms with Gasteiger partial charge in [-0.3, -0.25) is 9.59 Å². The Morgan fingerprint density at radius 2 is 1.95 bits per heavy atom. The molecule has 0 aliphatic heterocycles. The summed E-state index contributed by atoms with van der Waals surface area (Å²) in [6.07, 6.45) is 2.05. The fourth-order valence-corrected chi connectivity index (χ4v) is 2.62. The summed E-state index contributed by atoms with van der Waals surface area (Å²) in [5.41, 5.74) is 5.81. The minimum Gasteiger partial charge on any atom is -0.369 e. The lowest BCUT2D eigenvalue weighted by Gasteiger charge is -2.21. The molecule has 0 aliphatic rings. The molecule has 5 heteroatoms. The molecular weight excluding hydrogens is 272 g/mol. The van der Waals surface area contributed by atoms with Gasteiger partial charge in [0.25, 0.3) is 5.91 Å². The van der Waals surface area contributed by atoms with Crippen LogP contribution in [0, 0.1) is 0 Å². The number of carbonyl (C=O) groups excluding carboxylic acids is 2. The highest BCUT2D eigenvalue weighted by molar-refractivity contribution is 8.00. The lowest BCUT2D eigenvalue weighted by Crippen LogP contribution is -2.32. The van der Waals surface area contributed by atoms with Gasteiger partial charge in [0.15, 0.2) is 0 Å². The van der Waals surface area contributed by atoms with E-state index in [1.54, 1.807) is 6.07 Å². The van der Waals surface area contributed by atoms with E-state index in [9.17, 15) is 9.59 Å². The Morgan fingerprint density at radius 1 is 1.25 bits per heavy atom. The first-order chi connectivity index (χ1) is 9.60. The Kier molecular flexibility index (Phi) is 7.15. The first kappa shape index (κ1) is 16.6. The molecular formula is C15H22N2O2S. The highest BCUT2D eigenvalue weighted by Crippen LogP contribution is 2.23. The van der Waals surface area contributed by atoms with Gasteiger partial charge in [-0.05, 0) is 25.5 Å². The minimum atomic E-state index is -0.379. The van der Waals surface area contributed by atoms with E-state index < -0.39 is 0 Å². The van der Waals surface area contributed by atoms with Crippen LogP contribution in [0.4, 0.5) is 0 Å². The molecule has 0 bridgehead atoms. The number of primary amides is 1. The molecule has 1 rings (SSSR count). The largest absolute Gasteiger partial charge is 0.369 e. The fourth-order valence-electron chi connectivity index (χ4n) is 1.84. The summed E-state index contributed by atoms with van der Waals surface area (Å²) in [7, 11) is 0. The molecule has 0 atom stereocenters. The van der Waals surface area contributed by atoms with Crippen molar-refractivity contribution in [3.05, 3.63) is 29.8 Å². The molecule has 0 fully saturated rings. The molecule has 4 nitrogen and oxygen atoms in total. The molecule has 1 aromatic carbocycles. The summed E-state index contributed by atoms with van der Waals surface area (Å²) in [5, 5.41) is 0. The number of hydrogen-bond donors (Lipinski definition) is 1. The second-order valence-corrected chi connectivity index (χ2v) is 5.51. The van der Waals surface area contributed by atoms with Crippen molar-refractivity contribution in [1.82, 2.24) is 4.90 Å². The summed E-state index contributed by atoms with van der Waals surface area (Å²) < 4.78 is 0. The second kappa shape index (κ2) is 8.64. The van der Waals surface area contributed by atoms with Gasteiger partial charge in [-0.1, -0.05) is 25.5 Å². The van der Waals surface area contributed by atoms with Crippen LogP contribution in [0.5, 0.6) is 0 Å². The number of rotatable bonds is 8. The summed E-state index contributed by atoms with van der Waals surface area (Å²) >= 11 is 1.31. The predicted molar refractivity (Wildman–Crippen MR) is 82.8 cm³/mol. The summed E-state index contributed by atoms with van der Waals surface area (Å²) in [6.45, 7) is 5.54. The normalized spacial score (nSPS) is 10.3. The zero-order chi connectivity index (χ0) is 15.0. The van der Waals surface area contributed by atoms with E-state index in [2.05, 4.69) is 6.92 Å². The molecule has 0 heterocycles. The van der Waals surface area contributed by atoms with Gasteiger partial charge in [0, 0.05) is 18.0 Å². The monoisotopic (exact) mass is 294 g/mol. The quantitative estimate of drug-likeness (QED) is 0.749. The molecule has 2 N–H and O–H groups in total. The number of benzene rings is 1. The third kappa shape index (κ3) is 4.89. The van der Waals surface area contributed by atoms with Crippen molar-refractivity contribution in [3.63, 3.8) is 0 Å². The van der Waals surface area contributed by atoms with Crippen molar-refractivity contribution in [2.24, 2.45) is 5.73 Å². The minimum absolute atomic E-state index is 0.0218. The zero-order valence-corrected chi connectivity index (χ0v) is 12.9. The van der Waals surface area contributed by atoms with Gasteiger partial charge in [-0.15, -0.1) is 11.8 Å². The maximum Gasteiger partial charge on any atom is 0.254 e. The van der Waals surface area contributed by atoms with Gasteiger partial charge >= 0.3 is 0 Å². The van der Waals surface area contributed by atoms with E-state index >= 15 is 0 Å². The average molecular weight is 294 g/mol. The second-order valence-electron chi connectivity index (χ2n) is 4.49.